The number of hydrogen-bond donors (Lipinski definition) is 2. The van der Waals surface area contributed by atoms with Crippen LogP contribution >= 0.6 is 0 Å². The topological polar surface area (TPSA) is 55.1 Å². The Labute approximate surface area is 92.8 Å². The molecule has 1 atom stereocenters. The maximum atomic E-state index is 11.6. The number of amides is 1. The summed E-state index contributed by atoms with van der Waals surface area (Å²) < 4.78 is 0. The molecule has 88 valence electrons. The van der Waals surface area contributed by atoms with Crippen LogP contribution in [0.15, 0.2) is 0 Å². The minimum Gasteiger partial charge on any atom is -0.356 e. The Morgan fingerprint density at radius 2 is 2.13 bits per heavy atom. The Morgan fingerprint density at radius 3 is 2.60 bits per heavy atom. The smallest absolute Gasteiger partial charge is 0.220 e. The van der Waals surface area contributed by atoms with Crippen LogP contribution in [0, 0.1) is 17.8 Å². The number of carbonyl (C=O) groups is 1. The first kappa shape index (κ1) is 12.5. The van der Waals surface area contributed by atoms with Gasteiger partial charge in [0, 0.05) is 13.0 Å². The van der Waals surface area contributed by atoms with E-state index in [1.807, 2.05) is 0 Å². The minimum atomic E-state index is 0.179. The molecular weight excluding hydrogens is 188 g/mol. The molecule has 0 bridgehead atoms. The lowest BCUT2D eigenvalue weighted by molar-refractivity contribution is -0.122. The van der Waals surface area contributed by atoms with E-state index >= 15 is 0 Å². The molecule has 1 saturated carbocycles. The molecule has 3 heteroatoms. The maximum absolute atomic E-state index is 11.6. The highest BCUT2D eigenvalue weighted by molar-refractivity contribution is 5.76. The molecule has 3 nitrogen and oxygen atoms in total. The Balaban J connectivity index is 2.14. The Hall–Kier alpha value is -0.570. The van der Waals surface area contributed by atoms with Crippen molar-refractivity contribution in [3.8, 4) is 0 Å². The summed E-state index contributed by atoms with van der Waals surface area (Å²) in [5.74, 6) is 1.91. The van der Waals surface area contributed by atoms with Crippen molar-refractivity contribution in [1.82, 2.24) is 5.32 Å². The van der Waals surface area contributed by atoms with Gasteiger partial charge in [0.15, 0.2) is 0 Å². The third-order valence-corrected chi connectivity index (χ3v) is 2.90. The van der Waals surface area contributed by atoms with Crippen molar-refractivity contribution in [2.45, 2.75) is 39.5 Å². The van der Waals surface area contributed by atoms with Crippen molar-refractivity contribution in [1.29, 1.82) is 0 Å². The lowest BCUT2D eigenvalue weighted by Crippen LogP contribution is -2.30. The second-order valence-corrected chi connectivity index (χ2v) is 5.18. The summed E-state index contributed by atoms with van der Waals surface area (Å²) in [6.45, 7) is 5.84. The monoisotopic (exact) mass is 212 g/mol. The van der Waals surface area contributed by atoms with Gasteiger partial charge >= 0.3 is 0 Å². The van der Waals surface area contributed by atoms with Gasteiger partial charge in [0.05, 0.1) is 0 Å². The summed E-state index contributed by atoms with van der Waals surface area (Å²) in [4.78, 5) is 11.6. The summed E-state index contributed by atoms with van der Waals surface area (Å²) >= 11 is 0. The molecule has 0 unspecified atom stereocenters. The van der Waals surface area contributed by atoms with Gasteiger partial charge in [-0.3, -0.25) is 4.79 Å². The van der Waals surface area contributed by atoms with Gasteiger partial charge in [-0.1, -0.05) is 13.8 Å². The average Bonchev–Trinajstić information content (AvgIpc) is 2.96. The van der Waals surface area contributed by atoms with Crippen LogP contribution in [0.25, 0.3) is 0 Å². The van der Waals surface area contributed by atoms with E-state index in [2.05, 4.69) is 19.2 Å². The van der Waals surface area contributed by atoms with Crippen molar-refractivity contribution < 1.29 is 4.79 Å². The molecular formula is C12H24N2O. The van der Waals surface area contributed by atoms with Crippen LogP contribution in [0.5, 0.6) is 0 Å². The molecule has 0 aliphatic heterocycles. The zero-order valence-electron chi connectivity index (χ0n) is 9.96. The van der Waals surface area contributed by atoms with Crippen molar-refractivity contribution in [2.24, 2.45) is 23.5 Å². The average molecular weight is 212 g/mol. The summed E-state index contributed by atoms with van der Waals surface area (Å²) in [5, 5.41) is 2.99. The first-order valence-corrected chi connectivity index (χ1v) is 6.08. The fourth-order valence-corrected chi connectivity index (χ4v) is 1.84. The van der Waals surface area contributed by atoms with E-state index in [1.54, 1.807) is 0 Å². The third kappa shape index (κ3) is 5.78. The van der Waals surface area contributed by atoms with Crippen LogP contribution < -0.4 is 11.1 Å². The molecule has 0 aromatic heterocycles. The Morgan fingerprint density at radius 1 is 1.47 bits per heavy atom. The first-order chi connectivity index (χ1) is 7.11. The zero-order valence-corrected chi connectivity index (χ0v) is 9.96. The van der Waals surface area contributed by atoms with E-state index in [0.717, 1.165) is 18.9 Å². The highest BCUT2D eigenvalue weighted by atomic mass is 16.1. The second kappa shape index (κ2) is 6.11. The molecule has 0 aromatic carbocycles. The summed E-state index contributed by atoms with van der Waals surface area (Å²) in [7, 11) is 0. The van der Waals surface area contributed by atoms with Crippen LogP contribution in [0.4, 0.5) is 0 Å². The van der Waals surface area contributed by atoms with Gasteiger partial charge in [0.2, 0.25) is 5.91 Å². The van der Waals surface area contributed by atoms with Crippen LogP contribution in [0.3, 0.4) is 0 Å². The van der Waals surface area contributed by atoms with E-state index in [0.29, 0.717) is 24.8 Å². The highest BCUT2D eigenvalue weighted by Gasteiger charge is 2.22. The van der Waals surface area contributed by atoms with Gasteiger partial charge in [-0.2, -0.15) is 0 Å². The van der Waals surface area contributed by atoms with Gasteiger partial charge in [0.1, 0.15) is 0 Å². The van der Waals surface area contributed by atoms with E-state index in [4.69, 9.17) is 5.73 Å². The molecule has 1 aliphatic carbocycles. The van der Waals surface area contributed by atoms with Gasteiger partial charge in [-0.05, 0) is 43.6 Å². The molecule has 0 saturated heterocycles. The van der Waals surface area contributed by atoms with Gasteiger partial charge in [0.25, 0.3) is 0 Å². The molecule has 15 heavy (non-hydrogen) atoms. The van der Waals surface area contributed by atoms with Crippen LogP contribution in [0.2, 0.25) is 0 Å². The van der Waals surface area contributed by atoms with E-state index in [9.17, 15) is 4.79 Å². The largest absolute Gasteiger partial charge is 0.356 e. The number of nitrogens with one attached hydrogen (secondary N) is 1. The molecule has 0 radical (unpaired) electrons. The Bertz CT molecular complexity index is 200. The normalized spacial score (nSPS) is 17.9. The lowest BCUT2D eigenvalue weighted by atomic mass is 9.94. The van der Waals surface area contributed by atoms with Crippen molar-refractivity contribution >= 4 is 5.91 Å². The predicted molar refractivity (Wildman–Crippen MR) is 62.4 cm³/mol. The minimum absolute atomic E-state index is 0.179. The molecule has 1 rings (SSSR count). The van der Waals surface area contributed by atoms with Crippen LogP contribution in [-0.4, -0.2) is 19.0 Å². The van der Waals surface area contributed by atoms with E-state index < -0.39 is 0 Å². The lowest BCUT2D eigenvalue weighted by Gasteiger charge is -2.16. The molecule has 0 spiro atoms. The van der Waals surface area contributed by atoms with Gasteiger partial charge in [-0.25, -0.2) is 0 Å². The van der Waals surface area contributed by atoms with Gasteiger partial charge in [-0.15, -0.1) is 0 Å². The third-order valence-electron chi connectivity index (χ3n) is 2.90. The standard InChI is InChI=1S/C12H24N2O/c1-9(2)5-11(7-13)6-12(15)14-8-10-3-4-10/h9-11H,3-8,13H2,1-2H3,(H,14,15)/t11-/m0/s1. The maximum Gasteiger partial charge on any atom is 0.220 e. The van der Waals surface area contributed by atoms with Crippen molar-refractivity contribution in [3.05, 3.63) is 0 Å². The molecule has 0 heterocycles. The molecule has 1 fully saturated rings. The summed E-state index contributed by atoms with van der Waals surface area (Å²) in [5.41, 5.74) is 5.66. The summed E-state index contributed by atoms with van der Waals surface area (Å²) in [6, 6.07) is 0. The fourth-order valence-electron chi connectivity index (χ4n) is 1.84. The molecule has 3 N–H and O–H groups in total. The first-order valence-electron chi connectivity index (χ1n) is 6.08. The predicted octanol–water partition coefficient (Wildman–Crippen LogP) is 1.52. The van der Waals surface area contributed by atoms with Crippen LogP contribution in [-0.2, 0) is 4.79 Å². The van der Waals surface area contributed by atoms with Crippen molar-refractivity contribution in [3.63, 3.8) is 0 Å². The molecule has 1 aliphatic rings. The van der Waals surface area contributed by atoms with Crippen molar-refractivity contribution in [2.75, 3.05) is 13.1 Å². The molecule has 1 amide bonds. The quantitative estimate of drug-likeness (QED) is 0.672. The highest BCUT2D eigenvalue weighted by Crippen LogP contribution is 2.27. The zero-order chi connectivity index (χ0) is 11.3. The number of rotatable bonds is 7. The number of nitrogens with two attached hydrogens (primary N) is 1. The van der Waals surface area contributed by atoms with E-state index in [1.165, 1.54) is 12.8 Å². The molecule has 0 aromatic rings. The van der Waals surface area contributed by atoms with Crippen LogP contribution in [0.1, 0.15) is 39.5 Å². The number of hydrogen-bond acceptors (Lipinski definition) is 2. The SMILES string of the molecule is CC(C)C[C@H](CN)CC(=O)NCC1CC1. The van der Waals surface area contributed by atoms with E-state index in [-0.39, 0.29) is 5.91 Å². The second-order valence-electron chi connectivity index (χ2n) is 5.18. The fraction of sp³-hybridized carbons (Fsp3) is 0.917. The number of carbonyl (C=O) groups excluding carboxylic acids is 1. The van der Waals surface area contributed by atoms with Gasteiger partial charge < -0.3 is 11.1 Å². The Kier molecular flexibility index (Phi) is 5.09. The summed E-state index contributed by atoms with van der Waals surface area (Å²) in [6.07, 6.45) is 4.22.